The Balaban J connectivity index is 1.96. The van der Waals surface area contributed by atoms with Crippen molar-refractivity contribution in [2.75, 3.05) is 39.5 Å². The number of ether oxygens (including phenoxy) is 2. The van der Waals surface area contributed by atoms with Gasteiger partial charge in [0.15, 0.2) is 18.2 Å². The van der Waals surface area contributed by atoms with Gasteiger partial charge in [-0.3, -0.25) is 4.79 Å². The smallest absolute Gasteiger partial charge is 0.260 e. The fourth-order valence-electron chi connectivity index (χ4n) is 2.15. The number of carbonyl (C=O) groups excluding carboxylic acids is 1. The molecule has 0 spiro atoms. The lowest BCUT2D eigenvalue weighted by atomic mass is 10.2. The summed E-state index contributed by atoms with van der Waals surface area (Å²) in [6.07, 6.45) is 0. The number of nitrogens with one attached hydrogen (secondary N) is 1. The van der Waals surface area contributed by atoms with Crippen molar-refractivity contribution in [3.8, 4) is 5.75 Å². The molecule has 0 saturated carbocycles. The molecule has 0 radical (unpaired) electrons. The van der Waals surface area contributed by atoms with Crippen LogP contribution in [0.25, 0.3) is 0 Å². The van der Waals surface area contributed by atoms with Gasteiger partial charge in [0.25, 0.3) is 5.91 Å². The molecule has 1 heterocycles. The van der Waals surface area contributed by atoms with Gasteiger partial charge in [-0.05, 0) is 12.6 Å². The van der Waals surface area contributed by atoms with Gasteiger partial charge in [0.1, 0.15) is 0 Å². The Hall–Kier alpha value is -1.66. The molecular formula is C15H21FN2O3. The normalized spacial score (nSPS) is 15.0. The topological polar surface area (TPSA) is 50.8 Å². The molecule has 1 aromatic rings. The lowest BCUT2D eigenvalue weighted by molar-refractivity contribution is -0.137. The highest BCUT2D eigenvalue weighted by molar-refractivity contribution is 5.77. The number of benzene rings is 1. The molecule has 0 bridgehead atoms. The lowest BCUT2D eigenvalue weighted by Crippen LogP contribution is -2.43. The second-order valence-corrected chi connectivity index (χ2v) is 4.79. The van der Waals surface area contributed by atoms with Gasteiger partial charge in [-0.15, -0.1) is 0 Å². The van der Waals surface area contributed by atoms with E-state index in [1.165, 1.54) is 6.07 Å². The quantitative estimate of drug-likeness (QED) is 0.856. The number of nitrogens with zero attached hydrogens (tertiary/aromatic N) is 1. The van der Waals surface area contributed by atoms with Gasteiger partial charge in [0, 0.05) is 25.2 Å². The van der Waals surface area contributed by atoms with E-state index in [1.54, 1.807) is 17.0 Å². The molecule has 116 valence electrons. The van der Waals surface area contributed by atoms with E-state index in [-0.39, 0.29) is 18.3 Å². The van der Waals surface area contributed by atoms with Crippen molar-refractivity contribution >= 4 is 5.91 Å². The van der Waals surface area contributed by atoms with E-state index in [4.69, 9.17) is 9.47 Å². The molecule has 1 N–H and O–H groups in total. The maximum absolute atomic E-state index is 13.9. The molecule has 0 atom stereocenters. The van der Waals surface area contributed by atoms with Crippen LogP contribution >= 0.6 is 0 Å². The Morgan fingerprint density at radius 3 is 2.90 bits per heavy atom. The van der Waals surface area contributed by atoms with Crippen molar-refractivity contribution in [3.63, 3.8) is 0 Å². The standard InChI is InChI=1S/C15H21FN2O3/c1-2-17-10-12-4-3-5-13(16)15(12)21-11-14(19)18-6-8-20-9-7-18/h3-5,17H,2,6-11H2,1H3. The summed E-state index contributed by atoms with van der Waals surface area (Å²) in [7, 11) is 0. The highest BCUT2D eigenvalue weighted by Crippen LogP contribution is 2.22. The number of halogens is 1. The van der Waals surface area contributed by atoms with Gasteiger partial charge < -0.3 is 19.7 Å². The first-order chi connectivity index (χ1) is 10.2. The van der Waals surface area contributed by atoms with Crippen LogP contribution in [0.1, 0.15) is 12.5 Å². The van der Waals surface area contributed by atoms with Crippen molar-refractivity contribution in [2.45, 2.75) is 13.5 Å². The molecule has 6 heteroatoms. The number of carbonyl (C=O) groups is 1. The van der Waals surface area contributed by atoms with Crippen LogP contribution in [0.15, 0.2) is 18.2 Å². The highest BCUT2D eigenvalue weighted by atomic mass is 19.1. The Bertz CT molecular complexity index is 476. The second-order valence-electron chi connectivity index (χ2n) is 4.79. The van der Waals surface area contributed by atoms with Gasteiger partial charge in [-0.25, -0.2) is 4.39 Å². The van der Waals surface area contributed by atoms with E-state index >= 15 is 0 Å². The number of amides is 1. The first-order valence-corrected chi connectivity index (χ1v) is 7.18. The Labute approximate surface area is 124 Å². The molecular weight excluding hydrogens is 275 g/mol. The molecule has 1 aromatic carbocycles. The summed E-state index contributed by atoms with van der Waals surface area (Å²) in [6.45, 7) is 5.31. The van der Waals surface area contributed by atoms with Crippen LogP contribution in [0, 0.1) is 5.82 Å². The Kier molecular flexibility index (Phi) is 5.95. The maximum atomic E-state index is 13.9. The van der Waals surface area contributed by atoms with Crippen molar-refractivity contribution in [2.24, 2.45) is 0 Å². The minimum Gasteiger partial charge on any atom is -0.480 e. The molecule has 1 amide bonds. The van der Waals surface area contributed by atoms with E-state index in [9.17, 15) is 9.18 Å². The average molecular weight is 296 g/mol. The van der Waals surface area contributed by atoms with E-state index in [0.717, 1.165) is 6.54 Å². The zero-order valence-corrected chi connectivity index (χ0v) is 12.2. The molecule has 5 nitrogen and oxygen atoms in total. The molecule has 21 heavy (non-hydrogen) atoms. The maximum Gasteiger partial charge on any atom is 0.260 e. The zero-order chi connectivity index (χ0) is 15.1. The zero-order valence-electron chi connectivity index (χ0n) is 12.2. The van der Waals surface area contributed by atoms with Crippen LogP contribution in [0.3, 0.4) is 0 Å². The van der Waals surface area contributed by atoms with Crippen molar-refractivity contribution in [3.05, 3.63) is 29.6 Å². The molecule has 0 aliphatic carbocycles. The molecule has 1 aliphatic rings. The van der Waals surface area contributed by atoms with Crippen molar-refractivity contribution in [1.29, 1.82) is 0 Å². The summed E-state index contributed by atoms with van der Waals surface area (Å²) < 4.78 is 24.5. The predicted molar refractivity (Wildman–Crippen MR) is 76.7 cm³/mol. The molecule has 0 aromatic heterocycles. The Morgan fingerprint density at radius 2 is 2.19 bits per heavy atom. The van der Waals surface area contributed by atoms with Crippen molar-refractivity contribution in [1.82, 2.24) is 10.2 Å². The summed E-state index contributed by atoms with van der Waals surface area (Å²) in [6, 6.07) is 4.77. The second kappa shape index (κ2) is 7.95. The van der Waals surface area contributed by atoms with Gasteiger partial charge >= 0.3 is 0 Å². The predicted octanol–water partition coefficient (Wildman–Crippen LogP) is 1.17. The monoisotopic (exact) mass is 296 g/mol. The fraction of sp³-hybridized carbons (Fsp3) is 0.533. The van der Waals surface area contributed by atoms with E-state index in [2.05, 4.69) is 5.32 Å². The average Bonchev–Trinajstić information content (AvgIpc) is 2.52. The van der Waals surface area contributed by atoms with Gasteiger partial charge in [-0.2, -0.15) is 0 Å². The van der Waals surface area contributed by atoms with Crippen LogP contribution in [-0.4, -0.2) is 50.3 Å². The number of rotatable bonds is 6. The van der Waals surface area contributed by atoms with Gasteiger partial charge in [-0.1, -0.05) is 19.1 Å². The number of morpholine rings is 1. The lowest BCUT2D eigenvalue weighted by Gasteiger charge is -2.26. The van der Waals surface area contributed by atoms with E-state index < -0.39 is 5.82 Å². The fourth-order valence-corrected chi connectivity index (χ4v) is 2.15. The first kappa shape index (κ1) is 15.7. The summed E-state index contributed by atoms with van der Waals surface area (Å²) in [5, 5.41) is 3.12. The minimum atomic E-state index is -0.444. The summed E-state index contributed by atoms with van der Waals surface area (Å²) >= 11 is 0. The summed E-state index contributed by atoms with van der Waals surface area (Å²) in [5.74, 6) is -0.434. The summed E-state index contributed by atoms with van der Waals surface area (Å²) in [4.78, 5) is 13.7. The SMILES string of the molecule is CCNCc1cccc(F)c1OCC(=O)N1CCOCC1. The van der Waals surface area contributed by atoms with E-state index in [0.29, 0.717) is 38.4 Å². The largest absolute Gasteiger partial charge is 0.480 e. The molecule has 1 aliphatic heterocycles. The third-order valence-electron chi connectivity index (χ3n) is 3.32. The van der Waals surface area contributed by atoms with Crippen LogP contribution in [0.5, 0.6) is 5.75 Å². The molecule has 1 saturated heterocycles. The number of hydrogen-bond donors (Lipinski definition) is 1. The van der Waals surface area contributed by atoms with E-state index in [1.807, 2.05) is 6.92 Å². The molecule has 2 rings (SSSR count). The van der Waals surface area contributed by atoms with Crippen LogP contribution in [0.4, 0.5) is 4.39 Å². The van der Waals surface area contributed by atoms with Crippen LogP contribution in [0.2, 0.25) is 0 Å². The van der Waals surface area contributed by atoms with Crippen molar-refractivity contribution < 1.29 is 18.7 Å². The Morgan fingerprint density at radius 1 is 1.43 bits per heavy atom. The minimum absolute atomic E-state index is 0.143. The molecule has 0 unspecified atom stereocenters. The van der Waals surface area contributed by atoms with Gasteiger partial charge in [0.2, 0.25) is 0 Å². The number of para-hydroxylation sites is 1. The third-order valence-corrected chi connectivity index (χ3v) is 3.32. The first-order valence-electron chi connectivity index (χ1n) is 7.18. The van der Waals surface area contributed by atoms with Crippen LogP contribution < -0.4 is 10.1 Å². The third kappa shape index (κ3) is 4.41. The highest BCUT2D eigenvalue weighted by Gasteiger charge is 2.18. The van der Waals surface area contributed by atoms with Gasteiger partial charge in [0.05, 0.1) is 13.2 Å². The summed E-state index contributed by atoms with van der Waals surface area (Å²) in [5.41, 5.74) is 0.714. The molecule has 1 fully saturated rings. The number of hydrogen-bond acceptors (Lipinski definition) is 4. The van der Waals surface area contributed by atoms with Crippen LogP contribution in [-0.2, 0) is 16.1 Å².